The van der Waals surface area contributed by atoms with Crippen molar-refractivity contribution in [3.05, 3.63) is 65.7 Å². The summed E-state index contributed by atoms with van der Waals surface area (Å²) in [5.41, 5.74) is 4.69. The van der Waals surface area contributed by atoms with E-state index in [0.717, 1.165) is 28.3 Å². The van der Waals surface area contributed by atoms with Crippen LogP contribution in [0.1, 0.15) is 18.1 Å². The Morgan fingerprint density at radius 2 is 1.56 bits per heavy atom. The lowest BCUT2D eigenvalue weighted by Crippen LogP contribution is -1.89. The molecule has 92 valence electrons. The van der Waals surface area contributed by atoms with E-state index in [-0.39, 0.29) is 0 Å². The van der Waals surface area contributed by atoms with Crippen molar-refractivity contribution in [2.75, 3.05) is 0 Å². The maximum atomic E-state index is 13.2. The van der Waals surface area contributed by atoms with Gasteiger partial charge in [-0.1, -0.05) is 36.4 Å². The molecule has 18 heavy (non-hydrogen) atoms. The van der Waals surface area contributed by atoms with E-state index in [2.05, 4.69) is 6.58 Å². The van der Waals surface area contributed by atoms with Crippen LogP contribution in [0.3, 0.4) is 0 Å². The summed E-state index contributed by atoms with van der Waals surface area (Å²) in [7, 11) is 0. The number of allylic oxidation sites excluding steroid dienone is 1. The normalized spacial score (nSPS) is 10.4. The van der Waals surface area contributed by atoms with E-state index >= 15 is 0 Å². The van der Waals surface area contributed by atoms with Crippen molar-refractivity contribution in [2.45, 2.75) is 13.8 Å². The van der Waals surface area contributed by atoms with Gasteiger partial charge in [-0.2, -0.15) is 0 Å². The maximum absolute atomic E-state index is 13.2. The fourth-order valence-corrected chi connectivity index (χ4v) is 2.00. The highest BCUT2D eigenvalue weighted by Crippen LogP contribution is 2.26. The SMILES string of the molecule is C=C(C)c1ccc(-c2ccc(F)c(F)c2)cc1C. The van der Waals surface area contributed by atoms with Crippen LogP contribution >= 0.6 is 0 Å². The molecule has 0 heterocycles. The van der Waals surface area contributed by atoms with Crippen LogP contribution in [0.4, 0.5) is 8.78 Å². The van der Waals surface area contributed by atoms with E-state index in [0.29, 0.717) is 5.56 Å². The lowest BCUT2D eigenvalue weighted by atomic mass is 9.97. The average molecular weight is 244 g/mol. The minimum atomic E-state index is -0.825. The van der Waals surface area contributed by atoms with Gasteiger partial charge < -0.3 is 0 Å². The average Bonchev–Trinajstić information content (AvgIpc) is 2.32. The van der Waals surface area contributed by atoms with Gasteiger partial charge in [-0.05, 0) is 48.2 Å². The highest BCUT2D eigenvalue weighted by Gasteiger charge is 2.06. The third-order valence-electron chi connectivity index (χ3n) is 2.94. The van der Waals surface area contributed by atoms with Crippen LogP contribution in [0, 0.1) is 18.6 Å². The summed E-state index contributed by atoms with van der Waals surface area (Å²) >= 11 is 0. The van der Waals surface area contributed by atoms with Crippen molar-refractivity contribution in [1.82, 2.24) is 0 Å². The molecule has 0 amide bonds. The molecule has 0 saturated heterocycles. The van der Waals surface area contributed by atoms with Crippen LogP contribution in [0.25, 0.3) is 16.7 Å². The fourth-order valence-electron chi connectivity index (χ4n) is 2.00. The van der Waals surface area contributed by atoms with Crippen molar-refractivity contribution >= 4 is 5.57 Å². The second-order valence-electron chi connectivity index (χ2n) is 4.44. The van der Waals surface area contributed by atoms with E-state index in [4.69, 9.17) is 0 Å². The fraction of sp³-hybridized carbons (Fsp3) is 0.125. The standard InChI is InChI=1S/C16H14F2/c1-10(2)14-6-4-12(8-11(14)3)13-5-7-15(17)16(18)9-13/h4-9H,1H2,2-3H3. The van der Waals surface area contributed by atoms with Crippen LogP contribution < -0.4 is 0 Å². The van der Waals surface area contributed by atoms with Crippen LogP contribution in [-0.4, -0.2) is 0 Å². The van der Waals surface area contributed by atoms with Gasteiger partial charge in [-0.25, -0.2) is 8.78 Å². The van der Waals surface area contributed by atoms with Gasteiger partial charge in [0.15, 0.2) is 11.6 Å². The molecular formula is C16H14F2. The van der Waals surface area contributed by atoms with Crippen LogP contribution in [0.2, 0.25) is 0 Å². The number of hydrogen-bond donors (Lipinski definition) is 0. The minimum absolute atomic E-state index is 0.672. The third-order valence-corrected chi connectivity index (χ3v) is 2.94. The Labute approximate surface area is 106 Å². The Bertz CT molecular complexity index is 612. The first-order chi connectivity index (χ1) is 8.49. The molecule has 0 spiro atoms. The van der Waals surface area contributed by atoms with E-state index in [1.54, 1.807) is 6.07 Å². The molecule has 0 saturated carbocycles. The predicted molar refractivity (Wildman–Crippen MR) is 71.2 cm³/mol. The van der Waals surface area contributed by atoms with Crippen LogP contribution in [0.5, 0.6) is 0 Å². The second kappa shape index (κ2) is 4.73. The summed E-state index contributed by atoms with van der Waals surface area (Å²) < 4.78 is 26.1. The molecule has 0 bridgehead atoms. The molecule has 2 aromatic carbocycles. The molecule has 2 rings (SSSR count). The first kappa shape index (κ1) is 12.5. The van der Waals surface area contributed by atoms with Gasteiger partial charge in [-0.3, -0.25) is 0 Å². The summed E-state index contributed by atoms with van der Waals surface area (Å²) in [4.78, 5) is 0. The smallest absolute Gasteiger partial charge is 0.159 e. The molecule has 0 aliphatic rings. The number of aryl methyl sites for hydroxylation is 1. The summed E-state index contributed by atoms with van der Waals surface area (Å²) in [5, 5.41) is 0. The highest BCUT2D eigenvalue weighted by atomic mass is 19.2. The zero-order chi connectivity index (χ0) is 13.3. The Morgan fingerprint density at radius 3 is 2.11 bits per heavy atom. The molecular weight excluding hydrogens is 230 g/mol. The Kier molecular flexibility index (Phi) is 3.28. The van der Waals surface area contributed by atoms with Crippen molar-refractivity contribution in [1.29, 1.82) is 0 Å². The Balaban J connectivity index is 2.48. The zero-order valence-corrected chi connectivity index (χ0v) is 10.4. The Morgan fingerprint density at radius 1 is 0.944 bits per heavy atom. The molecule has 2 aromatic rings. The second-order valence-corrected chi connectivity index (χ2v) is 4.44. The minimum Gasteiger partial charge on any atom is -0.204 e. The van der Waals surface area contributed by atoms with Crippen molar-refractivity contribution in [3.63, 3.8) is 0 Å². The first-order valence-electron chi connectivity index (χ1n) is 5.71. The van der Waals surface area contributed by atoms with Gasteiger partial charge in [-0.15, -0.1) is 0 Å². The molecule has 0 aromatic heterocycles. The Hall–Kier alpha value is -1.96. The van der Waals surface area contributed by atoms with Crippen molar-refractivity contribution < 1.29 is 8.78 Å². The van der Waals surface area contributed by atoms with Crippen LogP contribution in [-0.2, 0) is 0 Å². The molecule has 0 nitrogen and oxygen atoms in total. The monoisotopic (exact) mass is 244 g/mol. The van der Waals surface area contributed by atoms with E-state index in [1.165, 1.54) is 6.07 Å². The zero-order valence-electron chi connectivity index (χ0n) is 10.4. The summed E-state index contributed by atoms with van der Waals surface area (Å²) in [6.07, 6.45) is 0. The molecule has 0 aliphatic carbocycles. The maximum Gasteiger partial charge on any atom is 0.159 e. The van der Waals surface area contributed by atoms with Crippen LogP contribution in [0.15, 0.2) is 43.0 Å². The molecule has 0 aliphatic heterocycles. The van der Waals surface area contributed by atoms with Crippen molar-refractivity contribution in [3.8, 4) is 11.1 Å². The van der Waals surface area contributed by atoms with E-state index in [1.807, 2.05) is 32.0 Å². The van der Waals surface area contributed by atoms with E-state index in [9.17, 15) is 8.78 Å². The largest absolute Gasteiger partial charge is 0.204 e. The summed E-state index contributed by atoms with van der Waals surface area (Å²) in [5.74, 6) is -1.65. The quantitative estimate of drug-likeness (QED) is 0.699. The molecule has 0 radical (unpaired) electrons. The van der Waals surface area contributed by atoms with Gasteiger partial charge in [0.2, 0.25) is 0 Å². The molecule has 2 heteroatoms. The predicted octanol–water partition coefficient (Wildman–Crippen LogP) is 4.97. The topological polar surface area (TPSA) is 0 Å². The first-order valence-corrected chi connectivity index (χ1v) is 5.71. The number of rotatable bonds is 2. The van der Waals surface area contributed by atoms with E-state index < -0.39 is 11.6 Å². The molecule has 0 fully saturated rings. The number of halogens is 2. The van der Waals surface area contributed by atoms with Gasteiger partial charge in [0, 0.05) is 0 Å². The van der Waals surface area contributed by atoms with Gasteiger partial charge in [0.1, 0.15) is 0 Å². The molecule has 0 unspecified atom stereocenters. The highest BCUT2D eigenvalue weighted by molar-refractivity contribution is 5.71. The summed E-state index contributed by atoms with van der Waals surface area (Å²) in [6.45, 7) is 7.83. The third kappa shape index (κ3) is 2.33. The molecule has 0 atom stereocenters. The van der Waals surface area contributed by atoms with Gasteiger partial charge in [0.25, 0.3) is 0 Å². The lowest BCUT2D eigenvalue weighted by molar-refractivity contribution is 0.509. The number of benzene rings is 2. The van der Waals surface area contributed by atoms with Gasteiger partial charge in [0.05, 0.1) is 0 Å². The van der Waals surface area contributed by atoms with Crippen molar-refractivity contribution in [2.24, 2.45) is 0 Å². The number of hydrogen-bond acceptors (Lipinski definition) is 0. The lowest BCUT2D eigenvalue weighted by Gasteiger charge is -2.08. The molecule has 0 N–H and O–H groups in total. The van der Waals surface area contributed by atoms with Gasteiger partial charge >= 0.3 is 0 Å². The summed E-state index contributed by atoms with van der Waals surface area (Å²) in [6, 6.07) is 9.74.